The van der Waals surface area contributed by atoms with E-state index in [-0.39, 0.29) is 5.82 Å². The minimum absolute atomic E-state index is 0.322. The largest absolute Gasteiger partial charge is 0.385 e. The summed E-state index contributed by atoms with van der Waals surface area (Å²) in [5, 5.41) is 1.16. The van der Waals surface area contributed by atoms with Gasteiger partial charge in [-0.05, 0) is 83.8 Å². The Labute approximate surface area is 194 Å². The summed E-state index contributed by atoms with van der Waals surface area (Å²) in [7, 11) is 1.76. The molecule has 0 atom stereocenters. The maximum atomic E-state index is 14.6. The quantitative estimate of drug-likeness (QED) is 0.355. The molecule has 0 N–H and O–H groups in total. The van der Waals surface area contributed by atoms with Crippen LogP contribution >= 0.6 is 0 Å². The summed E-state index contributed by atoms with van der Waals surface area (Å²) in [4.78, 5) is 0. The van der Waals surface area contributed by atoms with Gasteiger partial charge in [0.2, 0.25) is 0 Å². The van der Waals surface area contributed by atoms with E-state index in [0.717, 1.165) is 55.4 Å². The van der Waals surface area contributed by atoms with Crippen molar-refractivity contribution in [1.29, 1.82) is 0 Å². The minimum Gasteiger partial charge on any atom is -0.385 e. The molecular weight excluding hydrogens is 421 g/mol. The summed E-state index contributed by atoms with van der Waals surface area (Å²) in [5.41, 5.74) is 1.96. The van der Waals surface area contributed by atoms with Crippen LogP contribution in [0.25, 0.3) is 10.8 Å². The maximum absolute atomic E-state index is 14.6. The molecule has 3 aromatic rings. The van der Waals surface area contributed by atoms with Crippen molar-refractivity contribution >= 4 is 10.8 Å². The first-order valence-electron chi connectivity index (χ1n) is 11.7. The Kier molecular flexibility index (Phi) is 7.73. The molecule has 0 unspecified atom stereocenters. The van der Waals surface area contributed by atoms with Gasteiger partial charge in [-0.15, -0.1) is 0 Å². The van der Waals surface area contributed by atoms with Gasteiger partial charge in [-0.1, -0.05) is 49.7 Å². The molecule has 0 amide bonds. The van der Waals surface area contributed by atoms with E-state index in [1.165, 1.54) is 25.7 Å². The van der Waals surface area contributed by atoms with E-state index in [1.807, 2.05) is 6.07 Å². The summed E-state index contributed by atoms with van der Waals surface area (Å²) < 4.78 is 46.7. The highest BCUT2D eigenvalue weighted by molar-refractivity contribution is 5.84. The van der Waals surface area contributed by atoms with Gasteiger partial charge in [0.1, 0.15) is 5.82 Å². The molecule has 172 valence electrons. The van der Waals surface area contributed by atoms with Crippen molar-refractivity contribution in [2.45, 2.75) is 44.9 Å². The lowest BCUT2D eigenvalue weighted by atomic mass is 9.78. The third kappa shape index (κ3) is 6.18. The monoisotopic (exact) mass is 450 g/mol. The topological polar surface area (TPSA) is 9.23 Å². The number of halogens is 3. The smallest absolute Gasteiger partial charge is 0.159 e. The van der Waals surface area contributed by atoms with Gasteiger partial charge in [-0.25, -0.2) is 13.2 Å². The molecular formula is C29H29F3O. The van der Waals surface area contributed by atoms with Crippen LogP contribution in [0.5, 0.6) is 0 Å². The summed E-state index contributed by atoms with van der Waals surface area (Å²) >= 11 is 0. The Bertz CT molecular complexity index is 1170. The Morgan fingerprint density at radius 3 is 2.15 bits per heavy atom. The number of methoxy groups -OCH3 is 1. The molecule has 1 nitrogen and oxygen atoms in total. The fourth-order valence-electron chi connectivity index (χ4n) is 4.74. The lowest BCUT2D eigenvalue weighted by Gasteiger charge is -2.28. The molecule has 1 saturated carbocycles. The van der Waals surface area contributed by atoms with Crippen LogP contribution in [-0.4, -0.2) is 13.7 Å². The van der Waals surface area contributed by atoms with Gasteiger partial charge in [-0.2, -0.15) is 0 Å². The van der Waals surface area contributed by atoms with Gasteiger partial charge in [-0.3, -0.25) is 0 Å². The molecule has 1 aliphatic carbocycles. The van der Waals surface area contributed by atoms with Crippen molar-refractivity contribution in [3.63, 3.8) is 0 Å². The van der Waals surface area contributed by atoms with Gasteiger partial charge in [0, 0.05) is 19.3 Å². The number of hydrogen-bond acceptors (Lipinski definition) is 1. The van der Waals surface area contributed by atoms with Crippen LogP contribution in [0.3, 0.4) is 0 Å². The summed E-state index contributed by atoms with van der Waals surface area (Å²) in [6, 6.07) is 12.7. The SMILES string of the molecule is COCCC1CCC(CCc2ccc(C#Cc3ccc4cc(F)c(F)cc4c3)c(F)c2)CC1. The standard InChI is InChI=1S/C29H29F3O/c1-33-15-14-21-4-2-20(3-5-21)6-7-23-9-12-24(27(30)17-23)11-8-22-10-13-25-18-28(31)29(32)19-26(25)16-22/h9-10,12-13,16-21H,2-7,14-15H2,1H3. The number of hydrogen-bond donors (Lipinski definition) is 0. The Balaban J connectivity index is 1.35. The molecule has 0 heterocycles. The van der Waals surface area contributed by atoms with Crippen molar-refractivity contribution < 1.29 is 17.9 Å². The van der Waals surface area contributed by atoms with Gasteiger partial charge in [0.05, 0.1) is 5.56 Å². The number of fused-ring (bicyclic) bond motifs is 1. The van der Waals surface area contributed by atoms with Crippen molar-refractivity contribution in [3.05, 3.63) is 82.7 Å². The van der Waals surface area contributed by atoms with Crippen molar-refractivity contribution in [2.75, 3.05) is 13.7 Å². The van der Waals surface area contributed by atoms with Crippen molar-refractivity contribution in [2.24, 2.45) is 11.8 Å². The van der Waals surface area contributed by atoms with E-state index in [0.29, 0.717) is 21.9 Å². The predicted molar refractivity (Wildman–Crippen MR) is 127 cm³/mol. The summed E-state index contributed by atoms with van der Waals surface area (Å²) in [5.74, 6) is 5.22. The highest BCUT2D eigenvalue weighted by atomic mass is 19.2. The predicted octanol–water partition coefficient (Wildman–Crippen LogP) is 7.43. The number of ether oxygens (including phenoxy) is 1. The second kappa shape index (κ2) is 10.9. The first-order chi connectivity index (χ1) is 16.0. The molecule has 4 heteroatoms. The molecule has 33 heavy (non-hydrogen) atoms. The van der Waals surface area contributed by atoms with Crippen LogP contribution in [0.1, 0.15) is 55.2 Å². The van der Waals surface area contributed by atoms with E-state index in [9.17, 15) is 13.2 Å². The highest BCUT2D eigenvalue weighted by Crippen LogP contribution is 2.33. The van der Waals surface area contributed by atoms with Gasteiger partial charge in [0.25, 0.3) is 0 Å². The molecule has 0 bridgehead atoms. The fraction of sp³-hybridized carbons (Fsp3) is 0.379. The maximum Gasteiger partial charge on any atom is 0.159 e. The van der Waals surface area contributed by atoms with Crippen molar-refractivity contribution in [3.8, 4) is 11.8 Å². The third-order valence-corrected chi connectivity index (χ3v) is 6.79. The van der Waals surface area contributed by atoms with Gasteiger partial charge < -0.3 is 4.74 Å². The second-order valence-electron chi connectivity index (χ2n) is 9.10. The number of aryl methyl sites for hydroxylation is 1. The van der Waals surface area contributed by atoms with Crippen LogP contribution in [0.4, 0.5) is 13.2 Å². The van der Waals surface area contributed by atoms with Crippen LogP contribution in [0.15, 0.2) is 48.5 Å². The van der Waals surface area contributed by atoms with E-state index < -0.39 is 11.6 Å². The van der Waals surface area contributed by atoms with E-state index in [1.54, 1.807) is 37.4 Å². The van der Waals surface area contributed by atoms with E-state index in [2.05, 4.69) is 11.8 Å². The first kappa shape index (κ1) is 23.4. The molecule has 0 radical (unpaired) electrons. The zero-order valence-corrected chi connectivity index (χ0v) is 19.0. The van der Waals surface area contributed by atoms with Gasteiger partial charge >= 0.3 is 0 Å². The van der Waals surface area contributed by atoms with Crippen molar-refractivity contribution in [1.82, 2.24) is 0 Å². The van der Waals surface area contributed by atoms with E-state index in [4.69, 9.17) is 4.74 Å². The molecule has 1 aliphatic rings. The molecule has 0 spiro atoms. The lowest BCUT2D eigenvalue weighted by Crippen LogP contribution is -2.16. The molecule has 0 aromatic heterocycles. The average Bonchev–Trinajstić information content (AvgIpc) is 2.82. The molecule has 1 fully saturated rings. The molecule has 0 aliphatic heterocycles. The normalized spacial score (nSPS) is 18.2. The zero-order chi connectivity index (χ0) is 23.2. The fourth-order valence-corrected chi connectivity index (χ4v) is 4.74. The molecule has 4 rings (SSSR count). The van der Waals surface area contributed by atoms with Gasteiger partial charge in [0.15, 0.2) is 11.6 Å². The first-order valence-corrected chi connectivity index (χ1v) is 11.7. The average molecular weight is 451 g/mol. The third-order valence-electron chi connectivity index (χ3n) is 6.79. The molecule has 3 aromatic carbocycles. The van der Waals surface area contributed by atoms with Crippen LogP contribution in [0.2, 0.25) is 0 Å². The zero-order valence-electron chi connectivity index (χ0n) is 19.0. The Hall–Kier alpha value is -2.77. The molecule has 0 saturated heterocycles. The van der Waals surface area contributed by atoms with Crippen LogP contribution in [-0.2, 0) is 11.2 Å². The van der Waals surface area contributed by atoms with Crippen LogP contribution < -0.4 is 0 Å². The van der Waals surface area contributed by atoms with E-state index >= 15 is 0 Å². The summed E-state index contributed by atoms with van der Waals surface area (Å²) in [6.07, 6.45) is 8.18. The minimum atomic E-state index is -0.895. The Morgan fingerprint density at radius 1 is 0.758 bits per heavy atom. The number of rotatable bonds is 6. The Morgan fingerprint density at radius 2 is 1.45 bits per heavy atom. The second-order valence-corrected chi connectivity index (χ2v) is 9.10. The van der Waals surface area contributed by atoms with Crippen LogP contribution in [0, 0.1) is 41.1 Å². The highest BCUT2D eigenvalue weighted by Gasteiger charge is 2.20. The number of benzene rings is 3. The summed E-state index contributed by atoms with van der Waals surface area (Å²) in [6.45, 7) is 0.850. The lowest BCUT2D eigenvalue weighted by molar-refractivity contribution is 0.155.